The third-order valence-corrected chi connectivity index (χ3v) is 3.85. The second kappa shape index (κ2) is 8.28. The number of ether oxygens (including phenoxy) is 1. The molecular formula is C17H19F4NO2. The number of rotatable bonds is 5. The van der Waals surface area contributed by atoms with Crippen LogP contribution in [0, 0.1) is 11.7 Å². The number of likely N-dealkylation sites (tertiary alicyclic amines) is 1. The topological polar surface area (TPSA) is 29.5 Å². The Morgan fingerprint density at radius 1 is 1.21 bits per heavy atom. The molecule has 24 heavy (non-hydrogen) atoms. The van der Waals surface area contributed by atoms with Gasteiger partial charge in [-0.25, -0.2) is 9.18 Å². The van der Waals surface area contributed by atoms with E-state index < -0.39 is 18.7 Å². The minimum atomic E-state index is -4.18. The number of benzene rings is 1. The van der Waals surface area contributed by atoms with E-state index in [0.29, 0.717) is 31.5 Å². The largest absolute Gasteiger partial charge is 0.462 e. The molecule has 0 atom stereocenters. The number of carbonyl (C=O) groups is 1. The Morgan fingerprint density at radius 3 is 2.42 bits per heavy atom. The van der Waals surface area contributed by atoms with Gasteiger partial charge >= 0.3 is 12.1 Å². The molecule has 0 unspecified atom stereocenters. The SMILES string of the molecule is O=C(/C=C/c1ccc(F)cc1)OCC1CCN(CC(F)(F)F)CC1. The standard InChI is InChI=1S/C17H19F4NO2/c18-15-4-1-13(2-5-15)3-6-16(23)24-11-14-7-9-22(10-8-14)12-17(19,20)21/h1-6,14H,7-12H2/b6-3+. The van der Waals surface area contributed by atoms with Crippen molar-refractivity contribution in [2.24, 2.45) is 5.92 Å². The Labute approximate surface area is 137 Å². The molecule has 1 saturated heterocycles. The zero-order valence-electron chi connectivity index (χ0n) is 13.1. The highest BCUT2D eigenvalue weighted by Crippen LogP contribution is 2.22. The van der Waals surface area contributed by atoms with Crippen molar-refractivity contribution in [1.29, 1.82) is 0 Å². The third-order valence-electron chi connectivity index (χ3n) is 3.85. The first kappa shape index (κ1) is 18.4. The maximum atomic E-state index is 12.7. The van der Waals surface area contributed by atoms with E-state index in [0.717, 1.165) is 0 Å². The van der Waals surface area contributed by atoms with Gasteiger partial charge in [-0.1, -0.05) is 12.1 Å². The van der Waals surface area contributed by atoms with Crippen LogP contribution >= 0.6 is 0 Å². The fourth-order valence-corrected chi connectivity index (χ4v) is 2.55. The number of piperidine rings is 1. The van der Waals surface area contributed by atoms with Gasteiger partial charge in [0.25, 0.3) is 0 Å². The second-order valence-corrected chi connectivity index (χ2v) is 5.85. The molecule has 0 N–H and O–H groups in total. The molecule has 1 heterocycles. The summed E-state index contributed by atoms with van der Waals surface area (Å²) in [4.78, 5) is 13.0. The molecule has 0 saturated carbocycles. The van der Waals surface area contributed by atoms with Gasteiger partial charge in [-0.15, -0.1) is 0 Å². The Morgan fingerprint density at radius 2 is 1.83 bits per heavy atom. The molecule has 1 aliphatic heterocycles. The molecule has 3 nitrogen and oxygen atoms in total. The summed E-state index contributed by atoms with van der Waals surface area (Å²) < 4.78 is 54.8. The van der Waals surface area contributed by atoms with Crippen LogP contribution in [0.25, 0.3) is 6.08 Å². The zero-order valence-corrected chi connectivity index (χ0v) is 13.1. The number of nitrogens with zero attached hydrogens (tertiary/aromatic N) is 1. The lowest BCUT2D eigenvalue weighted by molar-refractivity contribution is -0.149. The normalized spacial score (nSPS) is 17.3. The molecule has 0 amide bonds. The fraction of sp³-hybridized carbons (Fsp3) is 0.471. The highest BCUT2D eigenvalue weighted by molar-refractivity contribution is 5.87. The zero-order chi connectivity index (χ0) is 17.6. The summed E-state index contributed by atoms with van der Waals surface area (Å²) in [6.07, 6.45) is -0.250. The van der Waals surface area contributed by atoms with Gasteiger partial charge < -0.3 is 4.74 Å². The average molecular weight is 345 g/mol. The molecule has 132 valence electrons. The molecule has 1 aromatic carbocycles. The summed E-state index contributed by atoms with van der Waals surface area (Å²) in [6, 6.07) is 5.66. The first-order valence-corrected chi connectivity index (χ1v) is 7.71. The molecule has 0 aliphatic carbocycles. The Kier molecular flexibility index (Phi) is 6.36. The van der Waals surface area contributed by atoms with Gasteiger partial charge in [0.1, 0.15) is 5.82 Å². The van der Waals surface area contributed by atoms with E-state index in [2.05, 4.69) is 0 Å². The lowest BCUT2D eigenvalue weighted by atomic mass is 9.98. The molecular weight excluding hydrogens is 326 g/mol. The average Bonchev–Trinajstić information content (AvgIpc) is 2.52. The number of hydrogen-bond acceptors (Lipinski definition) is 3. The molecule has 0 bridgehead atoms. The third kappa shape index (κ3) is 6.70. The van der Waals surface area contributed by atoms with E-state index in [1.165, 1.54) is 41.3 Å². The summed E-state index contributed by atoms with van der Waals surface area (Å²) in [6.45, 7) is 0.0205. The van der Waals surface area contributed by atoms with Crippen molar-refractivity contribution >= 4 is 12.0 Å². The quantitative estimate of drug-likeness (QED) is 0.463. The Bertz CT molecular complexity index is 561. The minimum Gasteiger partial charge on any atom is -0.462 e. The van der Waals surface area contributed by atoms with Crippen molar-refractivity contribution in [3.8, 4) is 0 Å². The van der Waals surface area contributed by atoms with Crippen molar-refractivity contribution in [2.45, 2.75) is 19.0 Å². The van der Waals surface area contributed by atoms with Crippen molar-refractivity contribution in [3.63, 3.8) is 0 Å². The summed E-state index contributed by atoms with van der Waals surface area (Å²) in [5.74, 6) is -0.790. The first-order chi connectivity index (χ1) is 11.3. The van der Waals surface area contributed by atoms with Crippen LogP contribution < -0.4 is 0 Å². The van der Waals surface area contributed by atoms with Gasteiger partial charge in [0, 0.05) is 6.08 Å². The van der Waals surface area contributed by atoms with Crippen LogP contribution in [0.15, 0.2) is 30.3 Å². The molecule has 1 aliphatic rings. The van der Waals surface area contributed by atoms with Crippen molar-refractivity contribution < 1.29 is 27.1 Å². The predicted molar refractivity (Wildman–Crippen MR) is 81.6 cm³/mol. The van der Waals surface area contributed by atoms with Crippen LogP contribution in [0.3, 0.4) is 0 Å². The van der Waals surface area contributed by atoms with E-state index in [1.807, 2.05) is 0 Å². The molecule has 0 aromatic heterocycles. The van der Waals surface area contributed by atoms with Gasteiger partial charge in [-0.3, -0.25) is 4.90 Å². The molecule has 2 rings (SSSR count). The molecule has 0 spiro atoms. The van der Waals surface area contributed by atoms with Gasteiger partial charge in [-0.05, 0) is 55.6 Å². The Balaban J connectivity index is 1.68. The second-order valence-electron chi connectivity index (χ2n) is 5.85. The van der Waals surface area contributed by atoms with Gasteiger partial charge in [0.2, 0.25) is 0 Å². The molecule has 0 radical (unpaired) electrons. The maximum Gasteiger partial charge on any atom is 0.401 e. The summed E-state index contributed by atoms with van der Waals surface area (Å²) in [5.41, 5.74) is 0.675. The maximum absolute atomic E-state index is 12.7. The predicted octanol–water partition coefficient (Wildman–Crippen LogP) is 3.66. The van der Waals surface area contributed by atoms with Crippen LogP contribution in [0.5, 0.6) is 0 Å². The van der Waals surface area contributed by atoms with Crippen LogP contribution in [0.4, 0.5) is 17.6 Å². The Hall–Kier alpha value is -1.89. The highest BCUT2D eigenvalue weighted by Gasteiger charge is 2.32. The number of halogens is 4. The number of hydrogen-bond donors (Lipinski definition) is 0. The smallest absolute Gasteiger partial charge is 0.401 e. The monoisotopic (exact) mass is 345 g/mol. The van der Waals surface area contributed by atoms with Crippen molar-refractivity contribution in [3.05, 3.63) is 41.7 Å². The minimum absolute atomic E-state index is 0.0812. The number of carbonyl (C=O) groups excluding carboxylic acids is 1. The highest BCUT2D eigenvalue weighted by atomic mass is 19.4. The lowest BCUT2D eigenvalue weighted by Gasteiger charge is -2.31. The lowest BCUT2D eigenvalue weighted by Crippen LogP contribution is -2.40. The van der Waals surface area contributed by atoms with Crippen LogP contribution in [0.1, 0.15) is 18.4 Å². The van der Waals surface area contributed by atoms with Crippen LogP contribution in [-0.2, 0) is 9.53 Å². The van der Waals surface area contributed by atoms with Gasteiger partial charge in [0.05, 0.1) is 13.2 Å². The van der Waals surface area contributed by atoms with Gasteiger partial charge in [-0.2, -0.15) is 13.2 Å². The first-order valence-electron chi connectivity index (χ1n) is 7.71. The van der Waals surface area contributed by atoms with E-state index >= 15 is 0 Å². The van der Waals surface area contributed by atoms with E-state index in [1.54, 1.807) is 0 Å². The van der Waals surface area contributed by atoms with Crippen LogP contribution in [-0.4, -0.2) is 43.3 Å². The van der Waals surface area contributed by atoms with E-state index in [4.69, 9.17) is 4.74 Å². The summed E-state index contributed by atoms with van der Waals surface area (Å²) in [5, 5.41) is 0. The summed E-state index contributed by atoms with van der Waals surface area (Å²) in [7, 11) is 0. The van der Waals surface area contributed by atoms with Crippen molar-refractivity contribution in [1.82, 2.24) is 4.90 Å². The van der Waals surface area contributed by atoms with E-state index in [9.17, 15) is 22.4 Å². The van der Waals surface area contributed by atoms with E-state index in [-0.39, 0.29) is 18.3 Å². The molecule has 7 heteroatoms. The van der Waals surface area contributed by atoms with Crippen molar-refractivity contribution in [2.75, 3.05) is 26.2 Å². The fourth-order valence-electron chi connectivity index (χ4n) is 2.55. The molecule has 1 fully saturated rings. The number of alkyl halides is 3. The molecule has 1 aromatic rings. The van der Waals surface area contributed by atoms with Crippen LogP contribution in [0.2, 0.25) is 0 Å². The van der Waals surface area contributed by atoms with Gasteiger partial charge in [0.15, 0.2) is 0 Å². The number of esters is 1. The summed E-state index contributed by atoms with van der Waals surface area (Å²) >= 11 is 0.